The van der Waals surface area contributed by atoms with Gasteiger partial charge in [-0.3, -0.25) is 9.97 Å². The summed E-state index contributed by atoms with van der Waals surface area (Å²) in [4.78, 5) is 9.55. The van der Waals surface area contributed by atoms with Gasteiger partial charge in [-0.15, -0.1) is 0 Å². The van der Waals surface area contributed by atoms with Gasteiger partial charge in [0.1, 0.15) is 0 Å². The van der Waals surface area contributed by atoms with Crippen molar-refractivity contribution in [3.05, 3.63) is 162 Å². The molecule has 2 aromatic heterocycles. The number of benzene rings is 5. The van der Waals surface area contributed by atoms with Gasteiger partial charge in [-0.2, -0.15) is 0 Å². The molecule has 0 saturated carbocycles. The molecule has 0 fully saturated rings. The van der Waals surface area contributed by atoms with Gasteiger partial charge in [0.15, 0.2) is 0 Å². The van der Waals surface area contributed by atoms with Crippen LogP contribution >= 0.6 is 0 Å². The smallest absolute Gasteiger partial charge is 0.0889 e. The van der Waals surface area contributed by atoms with E-state index in [2.05, 4.69) is 127 Å². The van der Waals surface area contributed by atoms with Crippen LogP contribution in [0, 0.1) is 6.92 Å². The lowest BCUT2D eigenvalue weighted by Crippen LogP contribution is -2.08. The number of nitrogens with zero attached hydrogens (tertiary/aromatic N) is 2. The van der Waals surface area contributed by atoms with Crippen molar-refractivity contribution in [2.45, 2.75) is 19.3 Å². The number of hydrogen-bond acceptors (Lipinski definition) is 2. The van der Waals surface area contributed by atoms with Crippen LogP contribution in [0.1, 0.15) is 28.3 Å². The number of aromatic nitrogens is 2. The molecule has 1 aliphatic carbocycles. The van der Waals surface area contributed by atoms with Crippen LogP contribution in [-0.4, -0.2) is 9.97 Å². The van der Waals surface area contributed by atoms with Gasteiger partial charge in [0.05, 0.1) is 11.4 Å². The number of rotatable bonds is 4. The van der Waals surface area contributed by atoms with Crippen LogP contribution in [0.25, 0.3) is 61.3 Å². The second-order valence-electron chi connectivity index (χ2n) is 11.5. The Hall–Kier alpha value is -5.34. The van der Waals surface area contributed by atoms with Crippen molar-refractivity contribution in [2.75, 3.05) is 0 Å². The molecular formula is C41H30N2. The van der Waals surface area contributed by atoms with E-state index < -0.39 is 0 Å². The summed E-state index contributed by atoms with van der Waals surface area (Å²) in [5, 5.41) is 5.13. The van der Waals surface area contributed by atoms with Crippen LogP contribution in [0.15, 0.2) is 140 Å². The van der Waals surface area contributed by atoms with Crippen molar-refractivity contribution in [3.8, 4) is 33.6 Å². The summed E-state index contributed by atoms with van der Waals surface area (Å²) in [7, 11) is 0. The Labute approximate surface area is 252 Å². The first-order valence-electron chi connectivity index (χ1n) is 14.9. The van der Waals surface area contributed by atoms with E-state index in [0.29, 0.717) is 0 Å². The zero-order valence-corrected chi connectivity index (χ0v) is 24.0. The third kappa shape index (κ3) is 4.52. The van der Waals surface area contributed by atoms with Gasteiger partial charge in [-0.05, 0) is 92.5 Å². The summed E-state index contributed by atoms with van der Waals surface area (Å²) in [6.07, 6.45) is 7.30. The van der Waals surface area contributed by atoms with Gasteiger partial charge in [0, 0.05) is 17.8 Å². The Balaban J connectivity index is 1.25. The lowest BCUT2D eigenvalue weighted by Gasteiger charge is -2.22. The number of aryl methyl sites for hydroxylation is 1. The first-order chi connectivity index (χ1) is 21.2. The van der Waals surface area contributed by atoms with Crippen LogP contribution in [0.2, 0.25) is 0 Å². The van der Waals surface area contributed by atoms with Gasteiger partial charge in [-0.1, -0.05) is 121 Å². The molecule has 2 heteroatoms. The van der Waals surface area contributed by atoms with Crippen LogP contribution in [-0.2, 0) is 6.42 Å². The molecule has 1 unspecified atom stereocenters. The van der Waals surface area contributed by atoms with Gasteiger partial charge in [0.2, 0.25) is 0 Å². The third-order valence-corrected chi connectivity index (χ3v) is 8.73. The highest BCUT2D eigenvalue weighted by atomic mass is 14.8. The van der Waals surface area contributed by atoms with Crippen molar-refractivity contribution >= 4 is 27.6 Å². The largest absolute Gasteiger partial charge is 0.255 e. The molecule has 204 valence electrons. The molecule has 2 nitrogen and oxygen atoms in total. The molecule has 0 amide bonds. The number of pyridine rings is 2. The minimum absolute atomic E-state index is 0.212. The highest BCUT2D eigenvalue weighted by Crippen LogP contribution is 2.44. The molecule has 0 N–H and O–H groups in total. The number of hydrogen-bond donors (Lipinski definition) is 0. The predicted octanol–water partition coefficient (Wildman–Crippen LogP) is 10.4. The molecular weight excluding hydrogens is 520 g/mol. The van der Waals surface area contributed by atoms with Gasteiger partial charge in [0.25, 0.3) is 0 Å². The van der Waals surface area contributed by atoms with Crippen LogP contribution in [0.5, 0.6) is 0 Å². The molecule has 1 aliphatic rings. The Morgan fingerprint density at radius 1 is 0.581 bits per heavy atom. The second-order valence-corrected chi connectivity index (χ2v) is 11.5. The Kier molecular flexibility index (Phi) is 6.19. The zero-order chi connectivity index (χ0) is 28.8. The Morgan fingerprint density at radius 3 is 1.88 bits per heavy atom. The molecule has 43 heavy (non-hydrogen) atoms. The number of fused-ring (bicyclic) bond motifs is 3. The molecule has 5 aromatic carbocycles. The van der Waals surface area contributed by atoms with E-state index in [1.165, 1.54) is 60.5 Å². The molecule has 8 rings (SSSR count). The van der Waals surface area contributed by atoms with Gasteiger partial charge in [-0.25, -0.2) is 0 Å². The molecule has 0 bridgehead atoms. The van der Waals surface area contributed by atoms with E-state index in [4.69, 9.17) is 4.98 Å². The molecule has 0 radical (unpaired) electrons. The van der Waals surface area contributed by atoms with E-state index in [1.54, 1.807) is 0 Å². The van der Waals surface area contributed by atoms with Crippen molar-refractivity contribution in [1.82, 2.24) is 9.97 Å². The van der Waals surface area contributed by atoms with Crippen LogP contribution in [0.3, 0.4) is 0 Å². The van der Waals surface area contributed by atoms with E-state index in [9.17, 15) is 0 Å². The van der Waals surface area contributed by atoms with Crippen LogP contribution in [0.4, 0.5) is 0 Å². The highest BCUT2D eigenvalue weighted by Gasteiger charge is 2.21. The first-order valence-corrected chi connectivity index (χ1v) is 14.9. The first kappa shape index (κ1) is 25.4. The molecule has 1 atom stereocenters. The zero-order valence-electron chi connectivity index (χ0n) is 24.0. The average molecular weight is 551 g/mol. The minimum Gasteiger partial charge on any atom is -0.255 e. The summed E-state index contributed by atoms with van der Waals surface area (Å²) >= 11 is 0. The normalized spacial score (nSPS) is 14.2. The average Bonchev–Trinajstić information content (AvgIpc) is 3.07. The monoisotopic (exact) mass is 550 g/mol. The number of allylic oxidation sites excluding steroid dienone is 1. The lowest BCUT2D eigenvalue weighted by molar-refractivity contribution is 0.795. The maximum atomic E-state index is 5.03. The second kappa shape index (κ2) is 10.5. The maximum Gasteiger partial charge on any atom is 0.0889 e. The van der Waals surface area contributed by atoms with E-state index >= 15 is 0 Å². The van der Waals surface area contributed by atoms with Crippen molar-refractivity contribution in [2.24, 2.45) is 0 Å². The molecule has 7 aromatic rings. The van der Waals surface area contributed by atoms with E-state index in [-0.39, 0.29) is 5.92 Å². The summed E-state index contributed by atoms with van der Waals surface area (Å²) in [5.41, 5.74) is 11.9. The summed E-state index contributed by atoms with van der Waals surface area (Å²) in [6, 6.07) is 45.9. The van der Waals surface area contributed by atoms with Crippen molar-refractivity contribution in [3.63, 3.8) is 0 Å². The third-order valence-electron chi connectivity index (χ3n) is 8.73. The molecule has 2 heterocycles. The van der Waals surface area contributed by atoms with Crippen molar-refractivity contribution < 1.29 is 0 Å². The van der Waals surface area contributed by atoms with Gasteiger partial charge < -0.3 is 0 Å². The fourth-order valence-electron chi connectivity index (χ4n) is 6.61. The van der Waals surface area contributed by atoms with Crippen molar-refractivity contribution in [1.29, 1.82) is 0 Å². The lowest BCUT2D eigenvalue weighted by atomic mass is 9.83. The summed E-state index contributed by atoms with van der Waals surface area (Å²) in [5.74, 6) is 0.212. The molecule has 0 spiro atoms. The SMILES string of the molecule is Cc1ccc(-c2c3ccccc3c(-c3ccc4c(c3)CC(c3cccc(-c5ccccn5)n3)C=C4)c3ccccc23)cc1. The Morgan fingerprint density at radius 2 is 1.21 bits per heavy atom. The van der Waals surface area contributed by atoms with Gasteiger partial charge >= 0.3 is 0 Å². The molecule has 0 saturated heterocycles. The standard InChI is InChI=1S/C41H30N2/c1-27-16-18-29(19-17-27)40-33-9-2-4-11-35(33)41(36-12-5-3-10-34(36)40)31-23-21-28-20-22-30(25-32(28)26-31)37-14-8-15-39(43-37)38-13-6-7-24-42-38/h2-24,26,30H,25H2,1H3. The summed E-state index contributed by atoms with van der Waals surface area (Å²) in [6.45, 7) is 2.15. The highest BCUT2D eigenvalue weighted by molar-refractivity contribution is 6.21. The fraction of sp³-hybridized carbons (Fsp3) is 0.0732. The topological polar surface area (TPSA) is 25.8 Å². The summed E-state index contributed by atoms with van der Waals surface area (Å²) < 4.78 is 0. The van der Waals surface area contributed by atoms with E-state index in [0.717, 1.165) is 23.5 Å². The quantitative estimate of drug-likeness (QED) is 0.204. The minimum atomic E-state index is 0.212. The van der Waals surface area contributed by atoms with E-state index in [1.807, 2.05) is 30.5 Å². The maximum absolute atomic E-state index is 5.03. The Bertz CT molecular complexity index is 2100. The molecule has 0 aliphatic heterocycles. The predicted molar refractivity (Wildman–Crippen MR) is 180 cm³/mol. The van der Waals surface area contributed by atoms with Crippen LogP contribution < -0.4 is 0 Å². The fourth-order valence-corrected chi connectivity index (χ4v) is 6.61.